The molecular formula is C16H27NO. The Morgan fingerprint density at radius 2 is 1.94 bits per heavy atom. The molecule has 3 atom stereocenters. The SMILES string of the molecule is CC1CCC2CC1(N1CCCCCC1=O)C2(C)C. The summed E-state index contributed by atoms with van der Waals surface area (Å²) in [5, 5.41) is 0. The summed E-state index contributed by atoms with van der Waals surface area (Å²) in [5.74, 6) is 1.97. The molecule has 4 fully saturated rings. The summed E-state index contributed by atoms with van der Waals surface area (Å²) < 4.78 is 0. The number of amides is 1. The zero-order valence-electron chi connectivity index (χ0n) is 12.2. The van der Waals surface area contributed by atoms with Gasteiger partial charge in [0, 0.05) is 13.0 Å². The summed E-state index contributed by atoms with van der Waals surface area (Å²) >= 11 is 0. The van der Waals surface area contributed by atoms with Gasteiger partial charge >= 0.3 is 0 Å². The van der Waals surface area contributed by atoms with Crippen molar-refractivity contribution in [2.24, 2.45) is 17.3 Å². The number of hydrogen-bond donors (Lipinski definition) is 0. The Hall–Kier alpha value is -0.530. The largest absolute Gasteiger partial charge is 0.336 e. The van der Waals surface area contributed by atoms with E-state index in [1.165, 1.54) is 32.1 Å². The minimum atomic E-state index is 0.192. The molecule has 0 aromatic heterocycles. The predicted molar refractivity (Wildman–Crippen MR) is 73.2 cm³/mol. The van der Waals surface area contributed by atoms with Gasteiger partial charge in [0.2, 0.25) is 5.91 Å². The molecule has 0 aromatic carbocycles. The molecule has 1 heterocycles. The van der Waals surface area contributed by atoms with Crippen molar-refractivity contribution in [2.45, 2.75) is 71.3 Å². The normalized spacial score (nSPS) is 43.3. The van der Waals surface area contributed by atoms with E-state index in [0.29, 0.717) is 17.2 Å². The van der Waals surface area contributed by atoms with E-state index in [2.05, 4.69) is 25.7 Å². The lowest BCUT2D eigenvalue weighted by Crippen LogP contribution is -2.75. The van der Waals surface area contributed by atoms with Gasteiger partial charge in [-0.15, -0.1) is 0 Å². The highest BCUT2D eigenvalue weighted by molar-refractivity contribution is 5.78. The Labute approximate surface area is 111 Å². The van der Waals surface area contributed by atoms with E-state index in [4.69, 9.17) is 0 Å². The summed E-state index contributed by atoms with van der Waals surface area (Å²) in [6.07, 6.45) is 8.29. The highest BCUT2D eigenvalue weighted by Gasteiger charge is 2.67. The maximum atomic E-state index is 12.5. The number of fused-ring (bicyclic) bond motifs is 2. The van der Waals surface area contributed by atoms with Crippen LogP contribution in [0.3, 0.4) is 0 Å². The molecule has 2 bridgehead atoms. The van der Waals surface area contributed by atoms with Crippen LogP contribution in [0, 0.1) is 17.3 Å². The Bertz CT molecular complexity index is 362. The third-order valence-corrected chi connectivity index (χ3v) is 6.51. The first-order valence-electron chi connectivity index (χ1n) is 7.80. The molecule has 1 saturated heterocycles. The number of carbonyl (C=O) groups is 1. The first-order valence-corrected chi connectivity index (χ1v) is 7.80. The van der Waals surface area contributed by atoms with Crippen LogP contribution in [-0.4, -0.2) is 22.9 Å². The Morgan fingerprint density at radius 3 is 2.61 bits per heavy atom. The standard InChI is InChI=1S/C16H27NO/c1-12-8-9-13-11-16(12,15(13,2)3)17-10-6-4-5-7-14(17)18/h12-13H,4-11H2,1-3H3. The van der Waals surface area contributed by atoms with Crippen LogP contribution in [0.25, 0.3) is 0 Å². The second-order valence-corrected chi connectivity index (χ2v) is 7.38. The fraction of sp³-hybridized carbons (Fsp3) is 0.938. The van der Waals surface area contributed by atoms with Gasteiger partial charge in [0.1, 0.15) is 0 Å². The molecule has 0 radical (unpaired) electrons. The molecule has 4 rings (SSSR count). The van der Waals surface area contributed by atoms with Gasteiger partial charge in [-0.25, -0.2) is 0 Å². The lowest BCUT2D eigenvalue weighted by Gasteiger charge is -2.71. The topological polar surface area (TPSA) is 20.3 Å². The molecular weight excluding hydrogens is 222 g/mol. The van der Waals surface area contributed by atoms with Crippen LogP contribution < -0.4 is 0 Å². The van der Waals surface area contributed by atoms with Gasteiger partial charge in [0.25, 0.3) is 0 Å². The summed E-state index contributed by atoms with van der Waals surface area (Å²) in [6.45, 7) is 8.22. The number of likely N-dealkylation sites (tertiary alicyclic amines) is 1. The zero-order chi connectivity index (χ0) is 13.0. The van der Waals surface area contributed by atoms with Crippen molar-refractivity contribution < 1.29 is 4.79 Å². The molecule has 3 saturated carbocycles. The quantitative estimate of drug-likeness (QED) is 0.695. The van der Waals surface area contributed by atoms with Gasteiger partial charge in [-0.1, -0.05) is 27.2 Å². The number of nitrogens with zero attached hydrogens (tertiary/aromatic N) is 1. The van der Waals surface area contributed by atoms with Crippen LogP contribution in [-0.2, 0) is 4.79 Å². The van der Waals surface area contributed by atoms with Gasteiger partial charge in [-0.3, -0.25) is 4.79 Å². The van der Waals surface area contributed by atoms with Crippen molar-refractivity contribution in [1.29, 1.82) is 0 Å². The van der Waals surface area contributed by atoms with Crippen LogP contribution in [0.2, 0.25) is 0 Å². The van der Waals surface area contributed by atoms with Crippen LogP contribution in [0.15, 0.2) is 0 Å². The monoisotopic (exact) mass is 249 g/mol. The summed E-state index contributed by atoms with van der Waals surface area (Å²) in [7, 11) is 0. The molecule has 102 valence electrons. The third kappa shape index (κ3) is 1.38. The van der Waals surface area contributed by atoms with Gasteiger partial charge in [-0.05, 0) is 49.4 Å². The van der Waals surface area contributed by atoms with Crippen LogP contribution >= 0.6 is 0 Å². The van der Waals surface area contributed by atoms with Crippen LogP contribution in [0.5, 0.6) is 0 Å². The van der Waals surface area contributed by atoms with Crippen molar-refractivity contribution in [2.75, 3.05) is 6.54 Å². The van der Waals surface area contributed by atoms with Gasteiger partial charge in [0.15, 0.2) is 0 Å². The van der Waals surface area contributed by atoms with E-state index in [0.717, 1.165) is 25.3 Å². The van der Waals surface area contributed by atoms with E-state index < -0.39 is 0 Å². The molecule has 3 unspecified atom stereocenters. The fourth-order valence-corrected chi connectivity index (χ4v) is 5.23. The fourth-order valence-electron chi connectivity index (χ4n) is 5.23. The van der Waals surface area contributed by atoms with Crippen molar-refractivity contribution in [1.82, 2.24) is 4.90 Å². The second-order valence-electron chi connectivity index (χ2n) is 7.38. The average Bonchev–Trinajstić information content (AvgIpc) is 2.54. The highest BCUT2D eigenvalue weighted by Crippen LogP contribution is 2.66. The molecule has 4 aliphatic rings. The lowest BCUT2D eigenvalue weighted by molar-refractivity contribution is -0.213. The first-order chi connectivity index (χ1) is 8.50. The summed E-state index contributed by atoms with van der Waals surface area (Å²) in [5.41, 5.74) is 0.530. The zero-order valence-corrected chi connectivity index (χ0v) is 12.2. The van der Waals surface area contributed by atoms with Crippen molar-refractivity contribution in [3.05, 3.63) is 0 Å². The summed E-state index contributed by atoms with van der Waals surface area (Å²) in [6, 6.07) is 0. The molecule has 1 aliphatic heterocycles. The van der Waals surface area contributed by atoms with Crippen LogP contribution in [0.4, 0.5) is 0 Å². The molecule has 18 heavy (non-hydrogen) atoms. The minimum absolute atomic E-state index is 0.192. The van der Waals surface area contributed by atoms with Crippen molar-refractivity contribution in [3.63, 3.8) is 0 Å². The molecule has 0 N–H and O–H groups in total. The van der Waals surface area contributed by atoms with E-state index >= 15 is 0 Å². The maximum absolute atomic E-state index is 12.5. The van der Waals surface area contributed by atoms with Crippen molar-refractivity contribution >= 4 is 5.91 Å². The average molecular weight is 249 g/mol. The third-order valence-electron chi connectivity index (χ3n) is 6.51. The molecule has 0 aromatic rings. The Kier molecular flexibility index (Phi) is 2.76. The lowest BCUT2D eigenvalue weighted by atomic mass is 9.40. The van der Waals surface area contributed by atoms with Crippen molar-refractivity contribution in [3.8, 4) is 0 Å². The number of hydrogen-bond acceptors (Lipinski definition) is 1. The summed E-state index contributed by atoms with van der Waals surface area (Å²) in [4.78, 5) is 14.8. The first kappa shape index (κ1) is 12.5. The predicted octanol–water partition coefficient (Wildman–Crippen LogP) is 3.60. The van der Waals surface area contributed by atoms with Crippen LogP contribution in [0.1, 0.15) is 65.7 Å². The van der Waals surface area contributed by atoms with E-state index in [1.807, 2.05) is 0 Å². The molecule has 2 heteroatoms. The molecule has 2 nitrogen and oxygen atoms in total. The smallest absolute Gasteiger partial charge is 0.223 e. The Balaban J connectivity index is 1.95. The number of rotatable bonds is 1. The minimum Gasteiger partial charge on any atom is -0.336 e. The maximum Gasteiger partial charge on any atom is 0.223 e. The van der Waals surface area contributed by atoms with Gasteiger partial charge < -0.3 is 4.90 Å². The highest BCUT2D eigenvalue weighted by atomic mass is 16.2. The van der Waals surface area contributed by atoms with Gasteiger partial charge in [0.05, 0.1) is 5.54 Å². The van der Waals surface area contributed by atoms with E-state index in [-0.39, 0.29) is 5.54 Å². The molecule has 0 spiro atoms. The Morgan fingerprint density at radius 1 is 1.17 bits per heavy atom. The van der Waals surface area contributed by atoms with Gasteiger partial charge in [-0.2, -0.15) is 0 Å². The molecule has 3 aliphatic carbocycles. The second kappa shape index (κ2) is 3.98. The number of carbonyl (C=O) groups excluding carboxylic acids is 1. The van der Waals surface area contributed by atoms with E-state index in [9.17, 15) is 4.79 Å². The van der Waals surface area contributed by atoms with E-state index in [1.54, 1.807) is 0 Å². The molecule has 1 amide bonds.